The van der Waals surface area contributed by atoms with Gasteiger partial charge in [-0.2, -0.15) is 0 Å². The van der Waals surface area contributed by atoms with Crippen LogP contribution in [-0.4, -0.2) is 8.42 Å². The second-order valence-corrected chi connectivity index (χ2v) is 6.14. The summed E-state index contributed by atoms with van der Waals surface area (Å²) in [6.45, 7) is 0.165. The summed E-state index contributed by atoms with van der Waals surface area (Å²) in [5, 5.41) is 0.197. The molecule has 0 atom stereocenters. The molecule has 0 bridgehead atoms. The smallest absolute Gasteiger partial charge is 0.242 e. The zero-order chi connectivity index (χ0) is 13.9. The molecule has 100 valence electrons. The van der Waals surface area contributed by atoms with Gasteiger partial charge in [-0.05, 0) is 29.8 Å². The molecule has 4 nitrogen and oxygen atoms in total. The van der Waals surface area contributed by atoms with E-state index in [1.165, 1.54) is 12.1 Å². The Hall–Kier alpha value is -1.56. The molecule has 0 aliphatic rings. The zero-order valence-corrected chi connectivity index (χ0v) is 11.6. The van der Waals surface area contributed by atoms with E-state index in [1.807, 2.05) is 0 Å². The monoisotopic (exact) mass is 296 g/mol. The van der Waals surface area contributed by atoms with Crippen molar-refractivity contribution in [2.24, 2.45) is 0 Å². The van der Waals surface area contributed by atoms with Crippen LogP contribution in [0.3, 0.4) is 0 Å². The first-order valence-electron chi connectivity index (χ1n) is 5.58. The second-order valence-electron chi connectivity index (χ2n) is 4.00. The molecule has 0 radical (unpaired) electrons. The maximum Gasteiger partial charge on any atom is 0.242 e. The molecule has 0 heterocycles. The summed E-state index contributed by atoms with van der Waals surface area (Å²) in [4.78, 5) is 0.0700. The van der Waals surface area contributed by atoms with E-state index in [0.29, 0.717) is 5.69 Å². The fraction of sp³-hybridized carbons (Fsp3) is 0.0769. The van der Waals surface area contributed by atoms with Gasteiger partial charge in [0.15, 0.2) is 0 Å². The quantitative estimate of drug-likeness (QED) is 0.851. The van der Waals surface area contributed by atoms with Crippen molar-refractivity contribution in [3.05, 3.63) is 59.1 Å². The van der Waals surface area contributed by atoms with Crippen LogP contribution in [0.1, 0.15) is 5.56 Å². The lowest BCUT2D eigenvalue weighted by atomic mass is 10.2. The average Bonchev–Trinajstić information content (AvgIpc) is 2.37. The second kappa shape index (κ2) is 5.61. The first kappa shape index (κ1) is 13.9. The number of anilines is 1. The normalized spacial score (nSPS) is 11.4. The van der Waals surface area contributed by atoms with Crippen LogP contribution in [0.5, 0.6) is 0 Å². The number of sulfonamides is 1. The van der Waals surface area contributed by atoms with Gasteiger partial charge in [0.1, 0.15) is 4.90 Å². The SMILES string of the molecule is Nc1cccc(CNS(=O)(=O)c2ccccc2Cl)c1. The average molecular weight is 297 g/mol. The highest BCUT2D eigenvalue weighted by atomic mass is 35.5. The van der Waals surface area contributed by atoms with Crippen LogP contribution in [-0.2, 0) is 16.6 Å². The number of nitrogens with two attached hydrogens (primary N) is 1. The van der Waals surface area contributed by atoms with Gasteiger partial charge in [-0.3, -0.25) is 0 Å². The fourth-order valence-corrected chi connectivity index (χ4v) is 3.16. The number of nitrogens with one attached hydrogen (secondary N) is 1. The number of rotatable bonds is 4. The minimum atomic E-state index is -3.62. The lowest BCUT2D eigenvalue weighted by Gasteiger charge is -2.08. The van der Waals surface area contributed by atoms with Crippen molar-refractivity contribution < 1.29 is 8.42 Å². The molecule has 0 saturated carbocycles. The Bertz CT molecular complexity index is 687. The molecule has 19 heavy (non-hydrogen) atoms. The van der Waals surface area contributed by atoms with Gasteiger partial charge in [0.2, 0.25) is 10.0 Å². The molecule has 2 rings (SSSR count). The number of halogens is 1. The van der Waals surface area contributed by atoms with Crippen molar-refractivity contribution in [3.8, 4) is 0 Å². The molecule has 0 aliphatic carbocycles. The van der Waals surface area contributed by atoms with E-state index >= 15 is 0 Å². The highest BCUT2D eigenvalue weighted by molar-refractivity contribution is 7.89. The third kappa shape index (κ3) is 3.47. The van der Waals surface area contributed by atoms with Gasteiger partial charge in [0.25, 0.3) is 0 Å². The zero-order valence-electron chi connectivity index (χ0n) is 10.0. The molecule has 0 aliphatic heterocycles. The van der Waals surface area contributed by atoms with E-state index < -0.39 is 10.0 Å². The molecule has 0 saturated heterocycles. The van der Waals surface area contributed by atoms with E-state index in [9.17, 15) is 8.42 Å². The van der Waals surface area contributed by atoms with E-state index in [1.54, 1.807) is 36.4 Å². The Kier molecular flexibility index (Phi) is 4.09. The van der Waals surface area contributed by atoms with Crippen molar-refractivity contribution in [2.75, 3.05) is 5.73 Å². The molecule has 3 N–H and O–H groups in total. The van der Waals surface area contributed by atoms with Crippen LogP contribution >= 0.6 is 11.6 Å². The van der Waals surface area contributed by atoms with Gasteiger partial charge < -0.3 is 5.73 Å². The van der Waals surface area contributed by atoms with Gasteiger partial charge in [-0.25, -0.2) is 13.1 Å². The number of benzene rings is 2. The maximum absolute atomic E-state index is 12.1. The van der Waals surface area contributed by atoms with Crippen molar-refractivity contribution in [2.45, 2.75) is 11.4 Å². The summed E-state index contributed by atoms with van der Waals surface area (Å²) >= 11 is 5.88. The largest absolute Gasteiger partial charge is 0.399 e. The lowest BCUT2D eigenvalue weighted by molar-refractivity contribution is 0.581. The van der Waals surface area contributed by atoms with E-state index in [2.05, 4.69) is 4.72 Å². The van der Waals surface area contributed by atoms with Crippen molar-refractivity contribution in [1.29, 1.82) is 0 Å². The lowest BCUT2D eigenvalue weighted by Crippen LogP contribution is -2.23. The summed E-state index contributed by atoms with van der Waals surface area (Å²) in [5.41, 5.74) is 7.01. The van der Waals surface area contributed by atoms with E-state index in [0.717, 1.165) is 5.56 Å². The minimum Gasteiger partial charge on any atom is -0.399 e. The van der Waals surface area contributed by atoms with Crippen LogP contribution in [0.25, 0.3) is 0 Å². The molecule has 0 unspecified atom stereocenters. The third-order valence-corrected chi connectivity index (χ3v) is 4.44. The Labute approximate surface area is 117 Å². The molecular weight excluding hydrogens is 284 g/mol. The first-order chi connectivity index (χ1) is 8.99. The predicted octanol–water partition coefficient (Wildman–Crippen LogP) is 2.40. The van der Waals surface area contributed by atoms with Crippen molar-refractivity contribution >= 4 is 27.3 Å². The summed E-state index contributed by atoms with van der Waals surface area (Å²) in [7, 11) is -3.62. The van der Waals surface area contributed by atoms with Gasteiger partial charge >= 0.3 is 0 Å². The molecule has 2 aromatic rings. The maximum atomic E-state index is 12.1. The molecule has 2 aromatic carbocycles. The van der Waals surface area contributed by atoms with Gasteiger partial charge in [0, 0.05) is 12.2 Å². The van der Waals surface area contributed by atoms with Gasteiger partial charge in [-0.15, -0.1) is 0 Å². The minimum absolute atomic E-state index is 0.0700. The number of hydrogen-bond donors (Lipinski definition) is 2. The highest BCUT2D eigenvalue weighted by Gasteiger charge is 2.16. The van der Waals surface area contributed by atoms with Crippen LogP contribution in [0.15, 0.2) is 53.4 Å². The Morgan fingerprint density at radius 3 is 2.53 bits per heavy atom. The van der Waals surface area contributed by atoms with Crippen LogP contribution < -0.4 is 10.5 Å². The Balaban J connectivity index is 2.17. The van der Waals surface area contributed by atoms with Crippen molar-refractivity contribution in [1.82, 2.24) is 4.72 Å². The summed E-state index contributed by atoms with van der Waals surface area (Å²) in [6.07, 6.45) is 0. The van der Waals surface area contributed by atoms with Crippen LogP contribution in [0.4, 0.5) is 5.69 Å². The molecule has 0 amide bonds. The van der Waals surface area contributed by atoms with E-state index in [4.69, 9.17) is 17.3 Å². The molecule has 0 fully saturated rings. The summed E-state index contributed by atoms with van der Waals surface area (Å²) in [5.74, 6) is 0. The molecule has 6 heteroatoms. The topological polar surface area (TPSA) is 72.2 Å². The third-order valence-electron chi connectivity index (χ3n) is 2.54. The number of hydrogen-bond acceptors (Lipinski definition) is 3. The highest BCUT2D eigenvalue weighted by Crippen LogP contribution is 2.20. The molecule has 0 aromatic heterocycles. The van der Waals surface area contributed by atoms with Crippen LogP contribution in [0, 0.1) is 0 Å². The fourth-order valence-electron chi connectivity index (χ4n) is 1.62. The number of nitrogen functional groups attached to an aromatic ring is 1. The first-order valence-corrected chi connectivity index (χ1v) is 7.44. The van der Waals surface area contributed by atoms with Crippen LogP contribution in [0.2, 0.25) is 5.02 Å². The van der Waals surface area contributed by atoms with E-state index in [-0.39, 0.29) is 16.5 Å². The summed E-state index contributed by atoms with van der Waals surface area (Å²) in [6, 6.07) is 13.3. The molecule has 0 spiro atoms. The predicted molar refractivity (Wildman–Crippen MR) is 76.3 cm³/mol. The van der Waals surface area contributed by atoms with Gasteiger partial charge in [0.05, 0.1) is 5.02 Å². The van der Waals surface area contributed by atoms with Crippen molar-refractivity contribution in [3.63, 3.8) is 0 Å². The Morgan fingerprint density at radius 2 is 1.84 bits per heavy atom. The Morgan fingerprint density at radius 1 is 1.11 bits per heavy atom. The van der Waals surface area contributed by atoms with Gasteiger partial charge in [-0.1, -0.05) is 35.9 Å². The standard InChI is InChI=1S/C13H13ClN2O2S/c14-12-6-1-2-7-13(12)19(17,18)16-9-10-4-3-5-11(15)8-10/h1-8,16H,9,15H2. The molecular formula is C13H13ClN2O2S. The summed E-state index contributed by atoms with van der Waals surface area (Å²) < 4.78 is 26.7.